The molecule has 3 rings (SSSR count). The Bertz CT molecular complexity index is 753. The highest BCUT2D eigenvalue weighted by Crippen LogP contribution is 2.60. The minimum absolute atomic E-state index is 0.132. The standard InChI is InChI=1S/C28H44O3/c1-18(8-7-13-27(4,5)31)24-11-12-25-22(15-23(29)17-28(24,25)6)10-9-21-16-26(30)20(3)14-19(21)2/h9-10,18,23-26,29-31H,2-3,7-8,11-17H2,1,4-6H3/b21-9-,22-10?/t18-,23-,24+,25?,26+,28+/m0/s1. The van der Waals surface area contributed by atoms with Crippen LogP contribution in [0.1, 0.15) is 85.5 Å². The van der Waals surface area contributed by atoms with Crippen molar-refractivity contribution in [2.24, 2.45) is 23.2 Å². The minimum atomic E-state index is -0.588. The van der Waals surface area contributed by atoms with Crippen LogP contribution < -0.4 is 0 Å². The first kappa shape index (κ1) is 24.5. The van der Waals surface area contributed by atoms with Crippen molar-refractivity contribution in [3.05, 3.63) is 47.6 Å². The van der Waals surface area contributed by atoms with Gasteiger partial charge in [-0.1, -0.05) is 57.6 Å². The van der Waals surface area contributed by atoms with E-state index in [-0.39, 0.29) is 11.5 Å². The molecule has 174 valence electrons. The third-order valence-electron chi connectivity index (χ3n) is 8.42. The molecule has 0 spiro atoms. The predicted molar refractivity (Wildman–Crippen MR) is 129 cm³/mol. The number of hydrogen-bond donors (Lipinski definition) is 3. The molecule has 0 aromatic rings. The maximum Gasteiger partial charge on any atom is 0.0791 e. The summed E-state index contributed by atoms with van der Waals surface area (Å²) in [5.74, 6) is 1.73. The van der Waals surface area contributed by atoms with Crippen molar-refractivity contribution in [3.63, 3.8) is 0 Å². The molecule has 0 heterocycles. The van der Waals surface area contributed by atoms with Gasteiger partial charge in [0.05, 0.1) is 17.8 Å². The van der Waals surface area contributed by atoms with E-state index >= 15 is 0 Å². The highest BCUT2D eigenvalue weighted by atomic mass is 16.3. The van der Waals surface area contributed by atoms with E-state index in [1.54, 1.807) is 0 Å². The maximum absolute atomic E-state index is 10.8. The fourth-order valence-corrected chi connectivity index (χ4v) is 6.73. The first-order valence-corrected chi connectivity index (χ1v) is 12.2. The lowest BCUT2D eigenvalue weighted by atomic mass is 9.60. The third kappa shape index (κ3) is 5.61. The second-order valence-corrected chi connectivity index (χ2v) is 11.6. The number of aliphatic hydroxyl groups excluding tert-OH is 2. The molecule has 3 nitrogen and oxygen atoms in total. The van der Waals surface area contributed by atoms with Gasteiger partial charge in [0.1, 0.15) is 0 Å². The fourth-order valence-electron chi connectivity index (χ4n) is 6.73. The van der Waals surface area contributed by atoms with Gasteiger partial charge in [-0.25, -0.2) is 0 Å². The lowest BCUT2D eigenvalue weighted by molar-refractivity contribution is 0.0147. The Morgan fingerprint density at radius 1 is 1.16 bits per heavy atom. The summed E-state index contributed by atoms with van der Waals surface area (Å²) in [6.07, 6.45) is 12.0. The van der Waals surface area contributed by atoms with Gasteiger partial charge >= 0.3 is 0 Å². The molecule has 1 unspecified atom stereocenters. The fraction of sp³-hybridized carbons (Fsp3) is 0.714. The van der Waals surface area contributed by atoms with Crippen LogP contribution in [0.25, 0.3) is 0 Å². The average Bonchev–Trinajstić information content (AvgIpc) is 2.98. The number of allylic oxidation sites excluding steroid dienone is 3. The SMILES string of the molecule is C=C1CC(=C)[C@H](O)C/C1=C/C=C1C[C@H](O)C[C@@]2(C)C1CC[C@@H]2[C@@H](C)CCCC(C)(C)O. The number of hydrogen-bond acceptors (Lipinski definition) is 3. The Balaban J connectivity index is 1.74. The van der Waals surface area contributed by atoms with E-state index in [1.165, 1.54) is 18.4 Å². The number of rotatable bonds is 6. The highest BCUT2D eigenvalue weighted by molar-refractivity contribution is 5.41. The lowest BCUT2D eigenvalue weighted by Gasteiger charge is -2.46. The van der Waals surface area contributed by atoms with Crippen LogP contribution in [0.15, 0.2) is 47.6 Å². The monoisotopic (exact) mass is 428 g/mol. The molecule has 3 aliphatic rings. The van der Waals surface area contributed by atoms with E-state index in [9.17, 15) is 15.3 Å². The molecule has 3 fully saturated rings. The molecular weight excluding hydrogens is 384 g/mol. The van der Waals surface area contributed by atoms with Gasteiger partial charge in [0, 0.05) is 6.42 Å². The zero-order chi connectivity index (χ0) is 23.0. The quantitative estimate of drug-likeness (QED) is 0.464. The van der Waals surface area contributed by atoms with E-state index < -0.39 is 11.7 Å². The van der Waals surface area contributed by atoms with Crippen LogP contribution in [-0.2, 0) is 0 Å². The van der Waals surface area contributed by atoms with Gasteiger partial charge in [-0.15, -0.1) is 0 Å². The van der Waals surface area contributed by atoms with Gasteiger partial charge in [0.2, 0.25) is 0 Å². The van der Waals surface area contributed by atoms with Crippen molar-refractivity contribution >= 4 is 0 Å². The number of fused-ring (bicyclic) bond motifs is 1. The van der Waals surface area contributed by atoms with Gasteiger partial charge < -0.3 is 15.3 Å². The smallest absolute Gasteiger partial charge is 0.0791 e. The molecule has 31 heavy (non-hydrogen) atoms. The van der Waals surface area contributed by atoms with Crippen LogP contribution in [0, 0.1) is 23.2 Å². The van der Waals surface area contributed by atoms with Gasteiger partial charge in [0.15, 0.2) is 0 Å². The zero-order valence-corrected chi connectivity index (χ0v) is 20.2. The molecule has 0 radical (unpaired) electrons. The summed E-state index contributed by atoms with van der Waals surface area (Å²) in [6.45, 7) is 16.7. The molecule has 0 amide bonds. The molecular formula is C28H44O3. The van der Waals surface area contributed by atoms with Gasteiger partial charge in [-0.05, 0) is 92.3 Å². The Kier molecular flexibility index (Phi) is 7.40. The summed E-state index contributed by atoms with van der Waals surface area (Å²) in [7, 11) is 0. The Morgan fingerprint density at radius 2 is 1.87 bits per heavy atom. The van der Waals surface area contributed by atoms with Crippen LogP contribution in [0.3, 0.4) is 0 Å². The van der Waals surface area contributed by atoms with Crippen LogP contribution in [0.4, 0.5) is 0 Å². The lowest BCUT2D eigenvalue weighted by Crippen LogP contribution is -2.41. The Morgan fingerprint density at radius 3 is 2.55 bits per heavy atom. The minimum Gasteiger partial charge on any atom is -0.393 e. The van der Waals surface area contributed by atoms with Gasteiger partial charge in [-0.2, -0.15) is 0 Å². The number of aliphatic hydroxyl groups is 3. The normalized spacial score (nSPS) is 38.0. The van der Waals surface area contributed by atoms with Crippen molar-refractivity contribution < 1.29 is 15.3 Å². The van der Waals surface area contributed by atoms with E-state index in [4.69, 9.17) is 0 Å². The summed E-state index contributed by atoms with van der Waals surface area (Å²) in [6, 6.07) is 0. The Labute approximate surface area is 189 Å². The zero-order valence-electron chi connectivity index (χ0n) is 20.2. The first-order valence-electron chi connectivity index (χ1n) is 12.2. The van der Waals surface area contributed by atoms with E-state index in [1.807, 2.05) is 13.8 Å². The van der Waals surface area contributed by atoms with Crippen molar-refractivity contribution in [2.45, 2.75) is 103 Å². The van der Waals surface area contributed by atoms with Crippen molar-refractivity contribution in [2.75, 3.05) is 0 Å². The third-order valence-corrected chi connectivity index (χ3v) is 8.42. The molecule has 0 aliphatic heterocycles. The van der Waals surface area contributed by atoms with Crippen LogP contribution >= 0.6 is 0 Å². The average molecular weight is 429 g/mol. The molecule has 0 aromatic heterocycles. The van der Waals surface area contributed by atoms with E-state index in [0.29, 0.717) is 30.6 Å². The molecule has 0 aromatic carbocycles. The molecule has 3 saturated carbocycles. The largest absolute Gasteiger partial charge is 0.393 e. The molecule has 3 heteroatoms. The van der Waals surface area contributed by atoms with Crippen molar-refractivity contribution in [1.82, 2.24) is 0 Å². The second kappa shape index (κ2) is 9.37. The second-order valence-electron chi connectivity index (χ2n) is 11.6. The topological polar surface area (TPSA) is 60.7 Å². The van der Waals surface area contributed by atoms with Crippen LogP contribution in [-0.4, -0.2) is 33.1 Å². The maximum atomic E-state index is 10.8. The van der Waals surface area contributed by atoms with E-state index in [0.717, 1.165) is 48.8 Å². The predicted octanol–water partition coefficient (Wildman–Crippen LogP) is 5.87. The van der Waals surface area contributed by atoms with Gasteiger partial charge in [-0.3, -0.25) is 0 Å². The molecule has 6 atom stereocenters. The summed E-state index contributed by atoms with van der Waals surface area (Å²) < 4.78 is 0. The van der Waals surface area contributed by atoms with Gasteiger partial charge in [0.25, 0.3) is 0 Å². The molecule has 3 aliphatic carbocycles. The van der Waals surface area contributed by atoms with Crippen molar-refractivity contribution in [1.29, 1.82) is 0 Å². The summed E-state index contributed by atoms with van der Waals surface area (Å²) >= 11 is 0. The summed E-state index contributed by atoms with van der Waals surface area (Å²) in [5.41, 5.74) is 3.93. The van der Waals surface area contributed by atoms with Crippen molar-refractivity contribution in [3.8, 4) is 0 Å². The summed E-state index contributed by atoms with van der Waals surface area (Å²) in [5, 5.41) is 31.0. The van der Waals surface area contributed by atoms with Crippen LogP contribution in [0.2, 0.25) is 0 Å². The first-order chi connectivity index (χ1) is 14.4. The highest BCUT2D eigenvalue weighted by Gasteiger charge is 2.52. The van der Waals surface area contributed by atoms with Crippen LogP contribution in [0.5, 0.6) is 0 Å². The Hall–Kier alpha value is -1.16. The van der Waals surface area contributed by atoms with E-state index in [2.05, 4.69) is 39.2 Å². The summed E-state index contributed by atoms with van der Waals surface area (Å²) in [4.78, 5) is 0. The molecule has 3 N–H and O–H groups in total. The molecule has 0 bridgehead atoms. The molecule has 0 saturated heterocycles.